The molecule has 0 unspecified atom stereocenters. The summed E-state index contributed by atoms with van der Waals surface area (Å²) in [5.41, 5.74) is 0.386. The molecule has 8 nitrogen and oxygen atoms in total. The van der Waals surface area contributed by atoms with Gasteiger partial charge in [0, 0.05) is 42.5 Å². The van der Waals surface area contributed by atoms with Crippen LogP contribution in [0.4, 0.5) is 29.3 Å². The van der Waals surface area contributed by atoms with Crippen molar-refractivity contribution in [2.75, 3.05) is 43.9 Å². The minimum atomic E-state index is -4.46. The fourth-order valence-electron chi connectivity index (χ4n) is 4.88. The van der Waals surface area contributed by atoms with Gasteiger partial charge in [0.2, 0.25) is 5.91 Å². The Morgan fingerprint density at radius 2 is 1.77 bits per heavy atom. The molecule has 11 heteroatoms. The Labute approximate surface area is 232 Å². The van der Waals surface area contributed by atoms with Crippen molar-refractivity contribution in [2.24, 2.45) is 11.8 Å². The summed E-state index contributed by atoms with van der Waals surface area (Å²) in [5, 5.41) is 15.0. The molecule has 0 radical (unpaired) electrons. The highest BCUT2D eigenvalue weighted by atomic mass is 19.4. The van der Waals surface area contributed by atoms with E-state index in [0.717, 1.165) is 24.6 Å². The van der Waals surface area contributed by atoms with Gasteiger partial charge in [-0.2, -0.15) is 13.2 Å². The molecule has 2 aliphatic rings. The van der Waals surface area contributed by atoms with Crippen LogP contribution in [0.3, 0.4) is 0 Å². The zero-order valence-electron chi connectivity index (χ0n) is 23.0. The summed E-state index contributed by atoms with van der Waals surface area (Å²) in [4.78, 5) is 29.9. The van der Waals surface area contributed by atoms with Crippen molar-refractivity contribution in [3.05, 3.63) is 53.6 Å². The number of anilines is 2. The van der Waals surface area contributed by atoms with Gasteiger partial charge in [-0.3, -0.25) is 4.79 Å². The molecule has 0 bridgehead atoms. The van der Waals surface area contributed by atoms with Gasteiger partial charge >= 0.3 is 12.2 Å². The molecule has 0 aromatic heterocycles. The number of aliphatic hydroxyl groups excluding tert-OH is 1. The predicted molar refractivity (Wildman–Crippen MR) is 146 cm³/mol. The number of carbonyl (C=O) groups excluding carboxylic acids is 2. The SMILES string of the molecule is C[C@H](CO)N1C[C@H](C)[C@@H](CN(C)CC2CC2)Oc2ccc(NC(=O)Nc3ccc(C(F)(F)F)cc3)cc2CC1=O. The normalized spacial score (nSPS) is 20.6. The molecule has 3 atom stereocenters. The van der Waals surface area contributed by atoms with Gasteiger partial charge < -0.3 is 30.3 Å². The van der Waals surface area contributed by atoms with E-state index < -0.39 is 17.8 Å². The van der Waals surface area contributed by atoms with E-state index in [1.54, 1.807) is 23.1 Å². The van der Waals surface area contributed by atoms with Gasteiger partial charge in [0.25, 0.3) is 0 Å². The van der Waals surface area contributed by atoms with Crippen molar-refractivity contribution in [3.63, 3.8) is 0 Å². The summed E-state index contributed by atoms with van der Waals surface area (Å²) in [6.45, 7) is 5.81. The number of hydrogen-bond acceptors (Lipinski definition) is 5. The molecule has 2 aromatic carbocycles. The second-order valence-electron chi connectivity index (χ2n) is 11.0. The number of hydrogen-bond donors (Lipinski definition) is 3. The van der Waals surface area contributed by atoms with Crippen molar-refractivity contribution >= 4 is 23.3 Å². The van der Waals surface area contributed by atoms with Crippen LogP contribution in [0, 0.1) is 11.8 Å². The lowest BCUT2D eigenvalue weighted by molar-refractivity contribution is -0.137. The van der Waals surface area contributed by atoms with Crippen molar-refractivity contribution in [1.29, 1.82) is 0 Å². The molecule has 1 heterocycles. The summed E-state index contributed by atoms with van der Waals surface area (Å²) in [5.74, 6) is 1.12. The van der Waals surface area contributed by atoms with Crippen LogP contribution in [0.25, 0.3) is 0 Å². The number of fused-ring (bicyclic) bond motifs is 1. The molecule has 0 saturated heterocycles. The smallest absolute Gasteiger partial charge is 0.416 e. The van der Waals surface area contributed by atoms with Gasteiger partial charge in [0.15, 0.2) is 0 Å². The largest absolute Gasteiger partial charge is 0.488 e. The number of nitrogens with one attached hydrogen (secondary N) is 2. The van der Waals surface area contributed by atoms with E-state index in [4.69, 9.17) is 4.74 Å². The van der Waals surface area contributed by atoms with E-state index in [2.05, 4.69) is 22.6 Å². The molecule has 3 amide bonds. The Kier molecular flexibility index (Phi) is 9.25. The number of amides is 3. The quantitative estimate of drug-likeness (QED) is 0.428. The zero-order valence-corrected chi connectivity index (χ0v) is 23.0. The molecule has 2 aromatic rings. The second-order valence-corrected chi connectivity index (χ2v) is 11.0. The van der Waals surface area contributed by atoms with Crippen molar-refractivity contribution in [1.82, 2.24) is 9.80 Å². The van der Waals surface area contributed by atoms with Crippen LogP contribution in [-0.2, 0) is 17.4 Å². The summed E-state index contributed by atoms with van der Waals surface area (Å²) < 4.78 is 44.9. The first-order chi connectivity index (χ1) is 18.9. The number of ether oxygens (including phenoxy) is 1. The number of carbonyl (C=O) groups is 2. The zero-order chi connectivity index (χ0) is 29.0. The van der Waals surface area contributed by atoms with Gasteiger partial charge in [-0.1, -0.05) is 6.92 Å². The molecular weight excluding hydrogens is 525 g/mol. The maximum absolute atomic E-state index is 13.4. The van der Waals surface area contributed by atoms with Crippen LogP contribution >= 0.6 is 0 Å². The van der Waals surface area contributed by atoms with E-state index in [9.17, 15) is 27.9 Å². The third-order valence-electron chi connectivity index (χ3n) is 7.40. The number of urea groups is 1. The minimum Gasteiger partial charge on any atom is -0.488 e. The molecule has 4 rings (SSSR count). The fourth-order valence-corrected chi connectivity index (χ4v) is 4.88. The summed E-state index contributed by atoms with van der Waals surface area (Å²) in [6.07, 6.45) is -2.16. The highest BCUT2D eigenvalue weighted by molar-refractivity contribution is 6.00. The first-order valence-electron chi connectivity index (χ1n) is 13.6. The Balaban J connectivity index is 1.52. The third-order valence-corrected chi connectivity index (χ3v) is 7.40. The molecule has 1 fully saturated rings. The number of rotatable bonds is 8. The van der Waals surface area contributed by atoms with Crippen LogP contribution in [0.1, 0.15) is 37.8 Å². The van der Waals surface area contributed by atoms with E-state index in [-0.39, 0.29) is 42.7 Å². The number of alkyl halides is 3. The Bertz CT molecular complexity index is 1190. The summed E-state index contributed by atoms with van der Waals surface area (Å²) in [7, 11) is 2.07. The predicted octanol–water partition coefficient (Wildman–Crippen LogP) is 4.84. The second kappa shape index (κ2) is 12.5. The Morgan fingerprint density at radius 3 is 2.40 bits per heavy atom. The van der Waals surface area contributed by atoms with Gasteiger partial charge in [0.1, 0.15) is 11.9 Å². The van der Waals surface area contributed by atoms with E-state index in [1.807, 2.05) is 13.8 Å². The highest BCUT2D eigenvalue weighted by Gasteiger charge is 2.33. The lowest BCUT2D eigenvalue weighted by Gasteiger charge is -2.34. The molecule has 218 valence electrons. The van der Waals surface area contributed by atoms with Crippen molar-refractivity contribution < 1.29 is 32.6 Å². The highest BCUT2D eigenvalue weighted by Crippen LogP contribution is 2.32. The van der Waals surface area contributed by atoms with Crippen LogP contribution in [-0.4, -0.2) is 72.3 Å². The van der Waals surface area contributed by atoms with Gasteiger partial charge in [-0.25, -0.2) is 4.79 Å². The third kappa shape index (κ3) is 7.88. The molecule has 3 N–H and O–H groups in total. The molecule has 40 heavy (non-hydrogen) atoms. The van der Waals surface area contributed by atoms with E-state index in [1.165, 1.54) is 25.0 Å². The lowest BCUT2D eigenvalue weighted by Crippen LogP contribution is -2.47. The van der Waals surface area contributed by atoms with Crippen molar-refractivity contribution in [3.8, 4) is 5.75 Å². The molecule has 1 aliphatic heterocycles. The monoisotopic (exact) mass is 562 g/mol. The standard InChI is InChI=1S/C29H37F3N4O4/c1-18-14-36(19(2)17-37)27(38)13-21-12-24(10-11-25(21)40-26(18)16-35(3)15-20-4-5-20)34-28(39)33-23-8-6-22(7-9-23)29(30,31)32/h6-12,18-20,26,37H,4-5,13-17H2,1-3H3,(H2,33,34,39)/t18-,19+,26+/m0/s1. The Hall–Kier alpha value is -3.31. The van der Waals surface area contributed by atoms with Crippen LogP contribution < -0.4 is 15.4 Å². The number of likely N-dealkylation sites (N-methyl/N-ethyl adjacent to an activating group) is 1. The average molecular weight is 563 g/mol. The molecule has 0 spiro atoms. The van der Waals surface area contributed by atoms with Crippen molar-refractivity contribution in [2.45, 2.75) is 51.4 Å². The summed E-state index contributed by atoms with van der Waals surface area (Å²) in [6, 6.07) is 8.20. The van der Waals surface area contributed by atoms with E-state index in [0.29, 0.717) is 30.1 Å². The van der Waals surface area contributed by atoms with E-state index >= 15 is 0 Å². The average Bonchev–Trinajstić information content (AvgIpc) is 3.70. The first kappa shape index (κ1) is 29.7. The summed E-state index contributed by atoms with van der Waals surface area (Å²) >= 11 is 0. The topological polar surface area (TPSA) is 94.1 Å². The Morgan fingerprint density at radius 1 is 1.12 bits per heavy atom. The van der Waals surface area contributed by atoms with Gasteiger partial charge in [0.05, 0.1) is 24.6 Å². The maximum atomic E-state index is 13.4. The molecule has 1 aliphatic carbocycles. The van der Waals surface area contributed by atoms with Crippen LogP contribution in [0.15, 0.2) is 42.5 Å². The first-order valence-corrected chi connectivity index (χ1v) is 13.6. The number of benzene rings is 2. The fraction of sp³-hybridized carbons (Fsp3) is 0.517. The van der Waals surface area contributed by atoms with Crippen LogP contribution in [0.5, 0.6) is 5.75 Å². The minimum absolute atomic E-state index is 0.00198. The van der Waals surface area contributed by atoms with Gasteiger partial charge in [-0.15, -0.1) is 0 Å². The molecular formula is C29H37F3N4O4. The number of nitrogens with zero attached hydrogens (tertiary/aromatic N) is 2. The van der Waals surface area contributed by atoms with Gasteiger partial charge in [-0.05, 0) is 75.2 Å². The lowest BCUT2D eigenvalue weighted by atomic mass is 10.0. The number of aliphatic hydroxyl groups is 1. The number of halogens is 3. The van der Waals surface area contributed by atoms with Crippen LogP contribution in [0.2, 0.25) is 0 Å². The molecule has 1 saturated carbocycles. The maximum Gasteiger partial charge on any atom is 0.416 e.